The van der Waals surface area contributed by atoms with E-state index in [-0.39, 0.29) is 0 Å². The lowest BCUT2D eigenvalue weighted by atomic mass is 10.1. The highest BCUT2D eigenvalue weighted by Gasteiger charge is 2.13. The van der Waals surface area contributed by atoms with E-state index >= 15 is 0 Å². The first-order chi connectivity index (χ1) is 12.9. The van der Waals surface area contributed by atoms with E-state index in [1.807, 2.05) is 54.6 Å². The second-order valence-electron chi connectivity index (χ2n) is 5.81. The van der Waals surface area contributed by atoms with E-state index in [1.54, 1.807) is 12.4 Å². The predicted molar refractivity (Wildman–Crippen MR) is 96.5 cm³/mol. The SMILES string of the molecule is c1ccc(OCc2ccccc2-c2noc(CCc3ncc[nH]3)n2)cc1. The molecule has 4 rings (SSSR count). The van der Waals surface area contributed by atoms with Crippen LogP contribution in [0.5, 0.6) is 5.75 Å². The van der Waals surface area contributed by atoms with Crippen LogP contribution in [0.2, 0.25) is 0 Å². The number of benzene rings is 2. The van der Waals surface area contributed by atoms with Gasteiger partial charge < -0.3 is 14.2 Å². The maximum absolute atomic E-state index is 5.86. The van der Waals surface area contributed by atoms with Crippen molar-refractivity contribution < 1.29 is 9.26 Å². The molecule has 0 atom stereocenters. The van der Waals surface area contributed by atoms with Crippen LogP contribution in [0.1, 0.15) is 17.3 Å². The van der Waals surface area contributed by atoms with Crippen LogP contribution in [0, 0.1) is 0 Å². The van der Waals surface area contributed by atoms with Crippen LogP contribution in [0.4, 0.5) is 0 Å². The molecule has 26 heavy (non-hydrogen) atoms. The zero-order chi connectivity index (χ0) is 17.6. The van der Waals surface area contributed by atoms with Crippen LogP contribution in [-0.2, 0) is 19.4 Å². The summed E-state index contributed by atoms with van der Waals surface area (Å²) in [6.45, 7) is 0.441. The minimum atomic E-state index is 0.441. The second kappa shape index (κ2) is 7.65. The van der Waals surface area contributed by atoms with Gasteiger partial charge in [0.1, 0.15) is 18.2 Å². The molecule has 0 fully saturated rings. The molecule has 0 spiro atoms. The van der Waals surface area contributed by atoms with Crippen LogP contribution in [-0.4, -0.2) is 20.1 Å². The topological polar surface area (TPSA) is 76.8 Å². The molecule has 0 unspecified atom stereocenters. The van der Waals surface area contributed by atoms with E-state index in [2.05, 4.69) is 20.1 Å². The fourth-order valence-electron chi connectivity index (χ4n) is 2.67. The number of nitrogens with one attached hydrogen (secondary N) is 1. The smallest absolute Gasteiger partial charge is 0.227 e. The molecule has 6 heteroatoms. The summed E-state index contributed by atoms with van der Waals surface area (Å²) in [4.78, 5) is 11.8. The Kier molecular flexibility index (Phi) is 4.73. The lowest BCUT2D eigenvalue weighted by Crippen LogP contribution is -1.98. The van der Waals surface area contributed by atoms with Crippen molar-refractivity contribution in [3.05, 3.63) is 84.3 Å². The molecule has 130 valence electrons. The highest BCUT2D eigenvalue weighted by atomic mass is 16.5. The Morgan fingerprint density at radius 2 is 1.81 bits per heavy atom. The molecule has 0 aliphatic rings. The van der Waals surface area contributed by atoms with Gasteiger partial charge in [0, 0.05) is 36.4 Å². The van der Waals surface area contributed by atoms with E-state index in [9.17, 15) is 0 Å². The minimum Gasteiger partial charge on any atom is -0.489 e. The average Bonchev–Trinajstić information content (AvgIpc) is 3.38. The number of hydrogen-bond acceptors (Lipinski definition) is 5. The number of para-hydroxylation sites is 1. The van der Waals surface area contributed by atoms with Crippen molar-refractivity contribution >= 4 is 0 Å². The van der Waals surface area contributed by atoms with E-state index in [1.165, 1.54) is 0 Å². The number of ether oxygens (including phenoxy) is 1. The molecule has 1 N–H and O–H groups in total. The zero-order valence-electron chi connectivity index (χ0n) is 14.1. The standard InChI is InChI=1S/C20H18N4O2/c1-2-7-16(8-3-1)25-14-15-6-4-5-9-17(15)20-23-19(26-24-20)11-10-18-21-12-13-22-18/h1-9,12-13H,10-11,14H2,(H,21,22). The normalized spacial score (nSPS) is 10.8. The van der Waals surface area contributed by atoms with Gasteiger partial charge in [-0.3, -0.25) is 0 Å². The molecule has 0 saturated carbocycles. The van der Waals surface area contributed by atoms with E-state index < -0.39 is 0 Å². The third-order valence-corrected chi connectivity index (χ3v) is 3.99. The van der Waals surface area contributed by atoms with Gasteiger partial charge in [-0.1, -0.05) is 47.6 Å². The summed E-state index contributed by atoms with van der Waals surface area (Å²) < 4.78 is 11.3. The first kappa shape index (κ1) is 16.1. The molecule has 4 aromatic rings. The zero-order valence-corrected chi connectivity index (χ0v) is 14.1. The summed E-state index contributed by atoms with van der Waals surface area (Å²) in [5.74, 6) is 2.90. The summed E-state index contributed by atoms with van der Waals surface area (Å²) in [7, 11) is 0. The maximum atomic E-state index is 5.86. The quantitative estimate of drug-likeness (QED) is 0.550. The molecule has 0 aliphatic carbocycles. The van der Waals surface area contributed by atoms with Crippen molar-refractivity contribution in [3.8, 4) is 17.1 Å². The monoisotopic (exact) mass is 346 g/mol. The molecular weight excluding hydrogens is 328 g/mol. The second-order valence-corrected chi connectivity index (χ2v) is 5.81. The Bertz CT molecular complexity index is 949. The number of H-pyrrole nitrogens is 1. The molecule has 0 bridgehead atoms. The number of aromatic nitrogens is 4. The number of rotatable bonds is 7. The highest BCUT2D eigenvalue weighted by molar-refractivity contribution is 5.59. The van der Waals surface area contributed by atoms with Gasteiger partial charge in [-0.15, -0.1) is 0 Å². The van der Waals surface area contributed by atoms with Crippen molar-refractivity contribution in [1.82, 2.24) is 20.1 Å². The Morgan fingerprint density at radius 1 is 0.962 bits per heavy atom. The number of hydrogen-bond donors (Lipinski definition) is 1. The summed E-state index contributed by atoms with van der Waals surface area (Å²) in [6, 6.07) is 17.7. The summed E-state index contributed by atoms with van der Waals surface area (Å²) in [6.07, 6.45) is 4.91. The molecule has 0 amide bonds. The number of imidazole rings is 1. The Labute approximate surface area is 150 Å². The van der Waals surface area contributed by atoms with Crippen LogP contribution < -0.4 is 4.74 Å². The number of aromatic amines is 1. The van der Waals surface area contributed by atoms with Gasteiger partial charge in [0.15, 0.2) is 0 Å². The molecule has 0 radical (unpaired) electrons. The van der Waals surface area contributed by atoms with Crippen molar-refractivity contribution in [2.24, 2.45) is 0 Å². The summed E-state index contributed by atoms with van der Waals surface area (Å²) in [5.41, 5.74) is 1.92. The third kappa shape index (κ3) is 3.80. The first-order valence-corrected chi connectivity index (χ1v) is 8.45. The van der Waals surface area contributed by atoms with Gasteiger partial charge in [-0.05, 0) is 12.1 Å². The van der Waals surface area contributed by atoms with Gasteiger partial charge >= 0.3 is 0 Å². The molecule has 2 heterocycles. The molecular formula is C20H18N4O2. The largest absolute Gasteiger partial charge is 0.489 e. The van der Waals surface area contributed by atoms with E-state index in [0.29, 0.717) is 24.7 Å². The molecule has 6 nitrogen and oxygen atoms in total. The minimum absolute atomic E-state index is 0.441. The fraction of sp³-hybridized carbons (Fsp3) is 0.150. The summed E-state index contributed by atoms with van der Waals surface area (Å²) >= 11 is 0. The van der Waals surface area contributed by atoms with Gasteiger partial charge in [0.25, 0.3) is 0 Å². The molecule has 2 aromatic carbocycles. The van der Waals surface area contributed by atoms with Gasteiger partial charge in [-0.2, -0.15) is 4.98 Å². The van der Waals surface area contributed by atoms with E-state index in [4.69, 9.17) is 9.26 Å². The Balaban J connectivity index is 1.47. The Hall–Kier alpha value is -3.41. The Morgan fingerprint density at radius 3 is 2.65 bits per heavy atom. The van der Waals surface area contributed by atoms with Crippen molar-refractivity contribution in [2.75, 3.05) is 0 Å². The van der Waals surface area contributed by atoms with Gasteiger partial charge in [0.05, 0.1) is 0 Å². The average molecular weight is 346 g/mol. The lowest BCUT2D eigenvalue weighted by Gasteiger charge is -2.08. The van der Waals surface area contributed by atoms with Crippen molar-refractivity contribution in [2.45, 2.75) is 19.4 Å². The maximum Gasteiger partial charge on any atom is 0.227 e. The number of nitrogens with zero attached hydrogens (tertiary/aromatic N) is 3. The van der Waals surface area contributed by atoms with Crippen LogP contribution >= 0.6 is 0 Å². The third-order valence-electron chi connectivity index (χ3n) is 3.99. The molecule has 0 saturated heterocycles. The van der Waals surface area contributed by atoms with Gasteiger partial charge in [-0.25, -0.2) is 4.98 Å². The van der Waals surface area contributed by atoms with Gasteiger partial charge in [0.2, 0.25) is 11.7 Å². The van der Waals surface area contributed by atoms with Crippen LogP contribution in [0.15, 0.2) is 71.5 Å². The van der Waals surface area contributed by atoms with E-state index in [0.717, 1.165) is 29.1 Å². The summed E-state index contributed by atoms with van der Waals surface area (Å²) in [5, 5.41) is 4.13. The fourth-order valence-corrected chi connectivity index (χ4v) is 2.67. The highest BCUT2D eigenvalue weighted by Crippen LogP contribution is 2.23. The van der Waals surface area contributed by atoms with Crippen LogP contribution in [0.25, 0.3) is 11.4 Å². The molecule has 0 aliphatic heterocycles. The first-order valence-electron chi connectivity index (χ1n) is 8.45. The predicted octanol–water partition coefficient (Wildman–Crippen LogP) is 3.82. The molecule has 2 aromatic heterocycles. The van der Waals surface area contributed by atoms with Crippen molar-refractivity contribution in [3.63, 3.8) is 0 Å². The number of aryl methyl sites for hydroxylation is 2. The lowest BCUT2D eigenvalue weighted by molar-refractivity contribution is 0.306. The van der Waals surface area contributed by atoms with Crippen molar-refractivity contribution in [1.29, 1.82) is 0 Å². The van der Waals surface area contributed by atoms with Crippen LogP contribution in [0.3, 0.4) is 0 Å².